The summed E-state index contributed by atoms with van der Waals surface area (Å²) >= 11 is 0. The highest BCUT2D eigenvalue weighted by Gasteiger charge is 2.34. The molecular formula is C14H18N2O2. The summed E-state index contributed by atoms with van der Waals surface area (Å²) in [5.74, 6) is 0.791. The smallest absolute Gasteiger partial charge is 0.251 e. The zero-order valence-electron chi connectivity index (χ0n) is 10.3. The fourth-order valence-corrected chi connectivity index (χ4v) is 2.99. The van der Waals surface area contributed by atoms with Gasteiger partial charge in [-0.25, -0.2) is 0 Å². The number of nitrogens with zero attached hydrogens (tertiary/aromatic N) is 1. The Labute approximate surface area is 107 Å². The van der Waals surface area contributed by atoms with Crippen molar-refractivity contribution in [2.45, 2.75) is 18.9 Å². The molecule has 3 saturated heterocycles. The second-order valence-electron chi connectivity index (χ2n) is 5.26. The number of amides is 1. The average Bonchev–Trinajstić information content (AvgIpc) is 2.41. The molecule has 18 heavy (non-hydrogen) atoms. The number of nitrogens with one attached hydrogen (secondary N) is 1. The molecule has 0 aromatic heterocycles. The molecule has 4 nitrogen and oxygen atoms in total. The Kier molecular flexibility index (Phi) is 2.96. The van der Waals surface area contributed by atoms with Crippen LogP contribution in [0.15, 0.2) is 24.3 Å². The van der Waals surface area contributed by atoms with E-state index in [9.17, 15) is 9.90 Å². The van der Waals surface area contributed by atoms with Crippen molar-refractivity contribution < 1.29 is 9.90 Å². The number of hydrogen-bond donors (Lipinski definition) is 2. The van der Waals surface area contributed by atoms with E-state index in [1.807, 2.05) is 0 Å². The van der Waals surface area contributed by atoms with Gasteiger partial charge in [0.1, 0.15) is 5.75 Å². The van der Waals surface area contributed by atoms with Crippen molar-refractivity contribution in [1.82, 2.24) is 10.2 Å². The van der Waals surface area contributed by atoms with Crippen LogP contribution in [-0.4, -0.2) is 41.6 Å². The van der Waals surface area contributed by atoms with Gasteiger partial charge in [0.25, 0.3) is 5.91 Å². The quantitative estimate of drug-likeness (QED) is 0.825. The van der Waals surface area contributed by atoms with Crippen LogP contribution in [0.3, 0.4) is 0 Å². The summed E-state index contributed by atoms with van der Waals surface area (Å²) in [4.78, 5) is 14.5. The SMILES string of the molecule is O=C(NC1CN2CCC1CC2)c1ccc(O)cc1. The topological polar surface area (TPSA) is 52.6 Å². The molecule has 3 heterocycles. The number of carbonyl (C=O) groups excluding carboxylic acids is 1. The normalized spacial score (nSPS) is 30.1. The highest BCUT2D eigenvalue weighted by atomic mass is 16.3. The molecule has 3 aliphatic heterocycles. The summed E-state index contributed by atoms with van der Waals surface area (Å²) in [6, 6.07) is 6.70. The molecule has 0 aliphatic carbocycles. The molecule has 1 atom stereocenters. The summed E-state index contributed by atoms with van der Waals surface area (Å²) in [6.45, 7) is 3.33. The van der Waals surface area contributed by atoms with E-state index in [0.29, 0.717) is 11.5 Å². The second kappa shape index (κ2) is 4.61. The lowest BCUT2D eigenvalue weighted by Gasteiger charge is -2.44. The maximum absolute atomic E-state index is 12.1. The van der Waals surface area contributed by atoms with Crippen molar-refractivity contribution in [3.63, 3.8) is 0 Å². The van der Waals surface area contributed by atoms with E-state index < -0.39 is 0 Å². The van der Waals surface area contributed by atoms with Crippen molar-refractivity contribution in [1.29, 1.82) is 0 Å². The van der Waals surface area contributed by atoms with Crippen molar-refractivity contribution >= 4 is 5.91 Å². The molecule has 3 fully saturated rings. The molecule has 1 unspecified atom stereocenters. The van der Waals surface area contributed by atoms with Crippen LogP contribution in [0, 0.1) is 5.92 Å². The van der Waals surface area contributed by atoms with E-state index >= 15 is 0 Å². The Morgan fingerprint density at radius 3 is 2.44 bits per heavy atom. The zero-order chi connectivity index (χ0) is 12.5. The number of benzene rings is 1. The first-order valence-corrected chi connectivity index (χ1v) is 6.54. The fourth-order valence-electron chi connectivity index (χ4n) is 2.99. The fraction of sp³-hybridized carbons (Fsp3) is 0.500. The van der Waals surface area contributed by atoms with Crippen LogP contribution in [0.1, 0.15) is 23.2 Å². The Morgan fingerprint density at radius 1 is 1.22 bits per heavy atom. The van der Waals surface area contributed by atoms with Crippen LogP contribution >= 0.6 is 0 Å². The van der Waals surface area contributed by atoms with E-state index in [2.05, 4.69) is 10.2 Å². The molecule has 4 rings (SSSR count). The largest absolute Gasteiger partial charge is 0.508 e. The minimum atomic E-state index is -0.0336. The van der Waals surface area contributed by atoms with Gasteiger partial charge in [-0.05, 0) is 56.1 Å². The molecule has 4 heteroatoms. The maximum Gasteiger partial charge on any atom is 0.251 e. The molecule has 1 aromatic carbocycles. The van der Waals surface area contributed by atoms with Crippen LogP contribution in [0.5, 0.6) is 5.75 Å². The molecular weight excluding hydrogens is 228 g/mol. The Morgan fingerprint density at radius 2 is 1.89 bits per heavy atom. The minimum absolute atomic E-state index is 0.0336. The molecule has 2 bridgehead atoms. The molecule has 0 radical (unpaired) electrons. The number of carbonyl (C=O) groups is 1. The first kappa shape index (κ1) is 11.5. The van der Waals surface area contributed by atoms with E-state index in [4.69, 9.17) is 0 Å². The third kappa shape index (κ3) is 2.20. The Balaban J connectivity index is 1.66. The number of aromatic hydroxyl groups is 1. The monoisotopic (exact) mass is 246 g/mol. The minimum Gasteiger partial charge on any atom is -0.508 e. The van der Waals surface area contributed by atoms with Crippen molar-refractivity contribution in [2.75, 3.05) is 19.6 Å². The Hall–Kier alpha value is -1.55. The van der Waals surface area contributed by atoms with Crippen molar-refractivity contribution in [3.05, 3.63) is 29.8 Å². The first-order valence-electron chi connectivity index (χ1n) is 6.54. The van der Waals surface area contributed by atoms with Gasteiger partial charge in [-0.1, -0.05) is 0 Å². The van der Waals surface area contributed by atoms with Crippen LogP contribution in [0.4, 0.5) is 0 Å². The summed E-state index contributed by atoms with van der Waals surface area (Å²) in [5, 5.41) is 12.3. The van der Waals surface area contributed by atoms with Gasteiger partial charge < -0.3 is 15.3 Å². The number of phenolic OH excluding ortho intramolecular Hbond substituents is 1. The molecule has 2 N–H and O–H groups in total. The standard InChI is InChI=1S/C14H18N2O2/c17-12-3-1-11(2-4-12)14(18)15-13-9-16-7-5-10(13)6-8-16/h1-4,10,13,17H,5-9H2,(H,15,18). The van der Waals surface area contributed by atoms with Crippen LogP contribution in [-0.2, 0) is 0 Å². The van der Waals surface area contributed by atoms with Gasteiger partial charge in [-0.15, -0.1) is 0 Å². The third-order valence-corrected chi connectivity index (χ3v) is 4.10. The first-order chi connectivity index (χ1) is 8.72. The lowest BCUT2D eigenvalue weighted by Crippen LogP contribution is -2.57. The number of rotatable bonds is 2. The summed E-state index contributed by atoms with van der Waals surface area (Å²) in [6.07, 6.45) is 2.39. The summed E-state index contributed by atoms with van der Waals surface area (Å²) < 4.78 is 0. The van der Waals surface area contributed by atoms with Crippen molar-refractivity contribution in [3.8, 4) is 5.75 Å². The summed E-state index contributed by atoms with van der Waals surface area (Å²) in [7, 11) is 0. The number of fused-ring (bicyclic) bond motifs is 3. The van der Waals surface area contributed by atoms with Gasteiger partial charge in [0.15, 0.2) is 0 Å². The molecule has 96 valence electrons. The predicted octanol–water partition coefficient (Wildman–Crippen LogP) is 1.22. The third-order valence-electron chi connectivity index (χ3n) is 4.10. The van der Waals surface area contributed by atoms with Crippen LogP contribution in [0.2, 0.25) is 0 Å². The van der Waals surface area contributed by atoms with Crippen LogP contribution in [0.25, 0.3) is 0 Å². The van der Waals surface area contributed by atoms with Crippen LogP contribution < -0.4 is 5.32 Å². The lowest BCUT2D eigenvalue weighted by molar-refractivity contribution is 0.0620. The number of piperidine rings is 3. The molecule has 1 amide bonds. The second-order valence-corrected chi connectivity index (χ2v) is 5.26. The maximum atomic E-state index is 12.1. The van der Waals surface area contributed by atoms with Gasteiger partial charge in [0.05, 0.1) is 0 Å². The highest BCUT2D eigenvalue weighted by molar-refractivity contribution is 5.94. The Bertz CT molecular complexity index is 436. The van der Waals surface area contributed by atoms with Gasteiger partial charge in [-0.2, -0.15) is 0 Å². The molecule has 0 spiro atoms. The molecule has 0 saturated carbocycles. The van der Waals surface area contributed by atoms with Gasteiger partial charge in [0.2, 0.25) is 0 Å². The van der Waals surface area contributed by atoms with Crippen molar-refractivity contribution in [2.24, 2.45) is 5.92 Å². The van der Waals surface area contributed by atoms with Gasteiger partial charge >= 0.3 is 0 Å². The van der Waals surface area contributed by atoms with E-state index in [0.717, 1.165) is 6.54 Å². The van der Waals surface area contributed by atoms with Gasteiger partial charge in [-0.3, -0.25) is 4.79 Å². The van der Waals surface area contributed by atoms with E-state index in [-0.39, 0.29) is 17.7 Å². The molecule has 3 aliphatic rings. The predicted molar refractivity (Wildman–Crippen MR) is 68.5 cm³/mol. The average molecular weight is 246 g/mol. The van der Waals surface area contributed by atoms with E-state index in [1.54, 1.807) is 24.3 Å². The highest BCUT2D eigenvalue weighted by Crippen LogP contribution is 2.27. The summed E-state index contributed by atoms with van der Waals surface area (Å²) in [5.41, 5.74) is 0.615. The molecule has 1 aromatic rings. The van der Waals surface area contributed by atoms with Gasteiger partial charge in [0, 0.05) is 18.2 Å². The lowest BCUT2D eigenvalue weighted by atomic mass is 9.84. The number of hydrogen-bond acceptors (Lipinski definition) is 3. The number of phenols is 1. The van der Waals surface area contributed by atoms with E-state index in [1.165, 1.54) is 25.9 Å². The zero-order valence-corrected chi connectivity index (χ0v) is 10.3.